The van der Waals surface area contributed by atoms with Gasteiger partial charge >= 0.3 is 12.2 Å². The minimum atomic E-state index is -4.40. The zero-order valence-corrected chi connectivity index (χ0v) is 16.9. The Morgan fingerprint density at radius 3 is 2.50 bits per heavy atom. The summed E-state index contributed by atoms with van der Waals surface area (Å²) in [7, 11) is 0. The van der Waals surface area contributed by atoms with Crippen LogP contribution in [0.1, 0.15) is 38.2 Å². The quantitative estimate of drug-likeness (QED) is 0.755. The van der Waals surface area contributed by atoms with Crippen molar-refractivity contribution in [1.29, 1.82) is 0 Å². The number of alkyl halides is 3. The standard InChI is InChI=1S/C20H26F3N5O2/c1-14-4-2-3-7-19(14)17(29)28(18(30)25-19)13-26-8-10-27(11-9-26)16-6-5-15(12-24-16)20(21,22)23/h5-6,12,14H,2-4,7-11,13H2,1H3,(H,25,30)/t14-,19-/m1/s1. The third-order valence-corrected chi connectivity index (χ3v) is 6.61. The smallest absolute Gasteiger partial charge is 0.354 e. The van der Waals surface area contributed by atoms with Gasteiger partial charge in [-0.3, -0.25) is 9.69 Å². The molecule has 3 amide bonds. The largest absolute Gasteiger partial charge is 0.417 e. The molecule has 164 valence electrons. The van der Waals surface area contributed by atoms with Gasteiger partial charge in [0.25, 0.3) is 5.91 Å². The number of carbonyl (C=O) groups is 2. The van der Waals surface area contributed by atoms with Gasteiger partial charge in [-0.15, -0.1) is 0 Å². The Balaban J connectivity index is 1.35. The number of carbonyl (C=O) groups excluding carboxylic acids is 2. The van der Waals surface area contributed by atoms with Gasteiger partial charge in [0.1, 0.15) is 11.4 Å². The lowest BCUT2D eigenvalue weighted by atomic mass is 9.73. The molecule has 0 aromatic carbocycles. The Morgan fingerprint density at radius 1 is 1.17 bits per heavy atom. The average Bonchev–Trinajstić information content (AvgIpc) is 2.95. The molecule has 0 bridgehead atoms. The normalized spacial score (nSPS) is 28.3. The summed E-state index contributed by atoms with van der Waals surface area (Å²) in [5, 5.41) is 2.96. The van der Waals surface area contributed by atoms with Crippen LogP contribution >= 0.6 is 0 Å². The molecule has 10 heteroatoms. The number of halogens is 3. The summed E-state index contributed by atoms with van der Waals surface area (Å²) >= 11 is 0. The fourth-order valence-electron chi connectivity index (χ4n) is 4.68. The van der Waals surface area contributed by atoms with E-state index in [1.165, 1.54) is 11.0 Å². The molecule has 1 aliphatic carbocycles. The van der Waals surface area contributed by atoms with E-state index in [0.717, 1.165) is 31.5 Å². The van der Waals surface area contributed by atoms with Crippen LogP contribution in [0.15, 0.2) is 18.3 Å². The van der Waals surface area contributed by atoms with E-state index >= 15 is 0 Å². The summed E-state index contributed by atoms with van der Waals surface area (Å²) in [6.07, 6.45) is 0.0657. The first-order chi connectivity index (χ1) is 14.2. The van der Waals surface area contributed by atoms with E-state index in [1.54, 1.807) is 0 Å². The van der Waals surface area contributed by atoms with Crippen LogP contribution in [-0.2, 0) is 11.0 Å². The molecule has 1 saturated carbocycles. The van der Waals surface area contributed by atoms with Crippen molar-refractivity contribution < 1.29 is 22.8 Å². The van der Waals surface area contributed by atoms with Crippen molar-refractivity contribution in [3.63, 3.8) is 0 Å². The molecular formula is C20H26F3N5O2. The van der Waals surface area contributed by atoms with E-state index in [9.17, 15) is 22.8 Å². The maximum atomic E-state index is 13.1. The lowest BCUT2D eigenvalue weighted by Gasteiger charge is -2.38. The third kappa shape index (κ3) is 3.73. The monoisotopic (exact) mass is 425 g/mol. The van der Waals surface area contributed by atoms with Crippen molar-refractivity contribution in [2.45, 2.75) is 44.3 Å². The average molecular weight is 425 g/mol. The van der Waals surface area contributed by atoms with Crippen LogP contribution in [0, 0.1) is 5.92 Å². The summed E-state index contributed by atoms with van der Waals surface area (Å²) in [5.74, 6) is 0.481. The lowest BCUT2D eigenvalue weighted by molar-refractivity contribution is -0.138. The number of piperazine rings is 1. The number of rotatable bonds is 3. The maximum absolute atomic E-state index is 13.1. The fourth-order valence-corrected chi connectivity index (χ4v) is 4.68. The minimum Gasteiger partial charge on any atom is -0.354 e. The van der Waals surface area contributed by atoms with Crippen molar-refractivity contribution >= 4 is 17.8 Å². The van der Waals surface area contributed by atoms with E-state index in [-0.39, 0.29) is 24.5 Å². The predicted molar refractivity (Wildman–Crippen MR) is 104 cm³/mol. The molecule has 1 spiro atoms. The number of nitrogens with zero attached hydrogens (tertiary/aromatic N) is 4. The van der Waals surface area contributed by atoms with Gasteiger partial charge in [0.15, 0.2) is 0 Å². The third-order valence-electron chi connectivity index (χ3n) is 6.61. The van der Waals surface area contributed by atoms with Gasteiger partial charge in [0.2, 0.25) is 0 Å². The lowest BCUT2D eigenvalue weighted by Crippen LogP contribution is -2.55. The molecule has 7 nitrogen and oxygen atoms in total. The summed E-state index contributed by atoms with van der Waals surface area (Å²) in [5.41, 5.74) is -1.53. The van der Waals surface area contributed by atoms with E-state index < -0.39 is 17.3 Å². The minimum absolute atomic E-state index is 0.121. The van der Waals surface area contributed by atoms with Crippen molar-refractivity contribution in [1.82, 2.24) is 20.1 Å². The molecule has 0 radical (unpaired) electrons. The van der Waals surface area contributed by atoms with Crippen molar-refractivity contribution in [2.24, 2.45) is 5.92 Å². The molecule has 30 heavy (non-hydrogen) atoms. The Hall–Kier alpha value is -2.36. The molecule has 1 aromatic rings. The van der Waals surface area contributed by atoms with Gasteiger partial charge in [-0.2, -0.15) is 13.2 Å². The number of anilines is 1. The summed E-state index contributed by atoms with van der Waals surface area (Å²) < 4.78 is 38.1. The number of hydrogen-bond acceptors (Lipinski definition) is 5. The highest BCUT2D eigenvalue weighted by Gasteiger charge is 2.55. The molecular weight excluding hydrogens is 399 g/mol. The SMILES string of the molecule is C[C@@H]1CCCC[C@@]12NC(=O)N(CN1CCN(c3ccc(C(F)(F)F)cn3)CC1)C2=O. The molecule has 4 rings (SSSR count). The van der Waals surface area contributed by atoms with Gasteiger partial charge in [-0.25, -0.2) is 14.7 Å². The van der Waals surface area contributed by atoms with E-state index in [1.807, 2.05) is 16.7 Å². The van der Waals surface area contributed by atoms with Gasteiger partial charge in [-0.05, 0) is 30.9 Å². The molecule has 0 unspecified atom stereocenters. The summed E-state index contributed by atoms with van der Waals surface area (Å²) in [4.78, 5) is 34.8. The highest BCUT2D eigenvalue weighted by atomic mass is 19.4. The zero-order chi connectivity index (χ0) is 21.5. The zero-order valence-electron chi connectivity index (χ0n) is 16.9. The van der Waals surface area contributed by atoms with Crippen molar-refractivity contribution in [2.75, 3.05) is 37.7 Å². The van der Waals surface area contributed by atoms with Crippen LogP contribution in [0.25, 0.3) is 0 Å². The van der Waals surface area contributed by atoms with Gasteiger partial charge in [0, 0.05) is 32.4 Å². The van der Waals surface area contributed by atoms with Crippen molar-refractivity contribution in [3.05, 3.63) is 23.9 Å². The second-order valence-corrected chi connectivity index (χ2v) is 8.43. The topological polar surface area (TPSA) is 68.8 Å². The first kappa shape index (κ1) is 20.9. The molecule has 3 fully saturated rings. The fraction of sp³-hybridized carbons (Fsp3) is 0.650. The van der Waals surface area contributed by atoms with Crippen molar-refractivity contribution in [3.8, 4) is 0 Å². The number of amides is 3. The molecule has 2 atom stereocenters. The number of imide groups is 1. The van der Waals surface area contributed by atoms with Crippen LogP contribution in [0.3, 0.4) is 0 Å². The van der Waals surface area contributed by atoms with Gasteiger partial charge < -0.3 is 10.2 Å². The number of pyridine rings is 1. The Kier molecular flexibility index (Phi) is 5.37. The second kappa shape index (κ2) is 7.72. The van der Waals surface area contributed by atoms with E-state index in [4.69, 9.17) is 0 Å². The highest BCUT2D eigenvalue weighted by molar-refractivity contribution is 6.07. The summed E-state index contributed by atoms with van der Waals surface area (Å²) in [6.45, 7) is 4.54. The molecule has 2 saturated heterocycles. The van der Waals surface area contributed by atoms with Crippen LogP contribution in [0.5, 0.6) is 0 Å². The van der Waals surface area contributed by atoms with Crippen LogP contribution in [0.4, 0.5) is 23.8 Å². The number of aromatic nitrogens is 1. The second-order valence-electron chi connectivity index (χ2n) is 8.43. The van der Waals surface area contributed by atoms with Crippen LogP contribution in [-0.4, -0.2) is 65.1 Å². The van der Waals surface area contributed by atoms with Gasteiger partial charge in [0.05, 0.1) is 12.2 Å². The Bertz CT molecular complexity index is 808. The van der Waals surface area contributed by atoms with Gasteiger partial charge in [-0.1, -0.05) is 19.8 Å². The molecule has 1 aromatic heterocycles. The number of nitrogens with one attached hydrogen (secondary N) is 1. The Labute approximate surface area is 173 Å². The first-order valence-electron chi connectivity index (χ1n) is 10.4. The first-order valence-corrected chi connectivity index (χ1v) is 10.4. The predicted octanol–water partition coefficient (Wildman–Crippen LogP) is 2.68. The Morgan fingerprint density at radius 2 is 1.90 bits per heavy atom. The van der Waals surface area contributed by atoms with Crippen LogP contribution in [0.2, 0.25) is 0 Å². The molecule has 1 N–H and O–H groups in total. The van der Waals surface area contributed by atoms with Crippen LogP contribution < -0.4 is 10.2 Å². The molecule has 3 aliphatic rings. The van der Waals surface area contributed by atoms with E-state index in [0.29, 0.717) is 38.4 Å². The highest BCUT2D eigenvalue weighted by Crippen LogP contribution is 2.38. The maximum Gasteiger partial charge on any atom is 0.417 e. The van der Waals surface area contributed by atoms with E-state index in [2.05, 4.69) is 10.3 Å². The number of hydrogen-bond donors (Lipinski definition) is 1. The molecule has 2 aliphatic heterocycles. The summed E-state index contributed by atoms with van der Waals surface area (Å²) in [6, 6.07) is 2.08. The molecule has 3 heterocycles. The number of urea groups is 1.